The number of amides is 1. The van der Waals surface area contributed by atoms with Gasteiger partial charge in [-0.25, -0.2) is 13.4 Å². The number of primary amides is 1. The molecule has 2 fully saturated rings. The number of nitrogens with zero attached hydrogens (tertiary/aromatic N) is 3. The average molecular weight is 397 g/mol. The van der Waals surface area contributed by atoms with Crippen molar-refractivity contribution < 1.29 is 13.2 Å². The van der Waals surface area contributed by atoms with E-state index in [9.17, 15) is 13.2 Å². The van der Waals surface area contributed by atoms with Crippen LogP contribution in [-0.2, 0) is 27.7 Å². The predicted molar refractivity (Wildman–Crippen MR) is 104 cm³/mol. The Morgan fingerprint density at radius 1 is 1.26 bits per heavy atom. The molecule has 7 nitrogen and oxygen atoms in total. The number of hydrogen-bond donors (Lipinski definition) is 1. The SMILES string of the molecule is CCCCn1c(CN2CCC(C(N)=O)CC2)cnc1S(=O)(=O)CC1CCC1. The van der Waals surface area contributed by atoms with Crippen LogP contribution in [0.4, 0.5) is 0 Å². The third-order valence-electron chi connectivity index (χ3n) is 5.97. The number of carbonyl (C=O) groups is 1. The summed E-state index contributed by atoms with van der Waals surface area (Å²) in [6.45, 7) is 5.06. The lowest BCUT2D eigenvalue weighted by Crippen LogP contribution is -2.38. The van der Waals surface area contributed by atoms with Crippen molar-refractivity contribution in [2.24, 2.45) is 17.6 Å². The molecule has 1 amide bonds. The molecular weight excluding hydrogens is 364 g/mol. The minimum Gasteiger partial charge on any atom is -0.369 e. The minimum absolute atomic E-state index is 0.0373. The van der Waals surface area contributed by atoms with Gasteiger partial charge in [-0.2, -0.15) is 0 Å². The summed E-state index contributed by atoms with van der Waals surface area (Å²) in [7, 11) is -3.35. The Labute approximate surface area is 162 Å². The van der Waals surface area contributed by atoms with Crippen molar-refractivity contribution in [1.29, 1.82) is 0 Å². The van der Waals surface area contributed by atoms with Crippen molar-refractivity contribution in [1.82, 2.24) is 14.5 Å². The smallest absolute Gasteiger partial charge is 0.227 e. The molecule has 1 aromatic heterocycles. The molecule has 0 aromatic carbocycles. The Bertz CT molecular complexity index is 747. The number of rotatable bonds is 9. The molecule has 1 saturated carbocycles. The third kappa shape index (κ3) is 4.90. The molecule has 2 N–H and O–H groups in total. The molecule has 0 radical (unpaired) electrons. The molecule has 0 bridgehead atoms. The average Bonchev–Trinajstić information content (AvgIpc) is 3.00. The number of unbranched alkanes of at least 4 members (excludes halogenated alkanes) is 1. The fourth-order valence-electron chi connectivity index (χ4n) is 3.97. The van der Waals surface area contributed by atoms with E-state index in [4.69, 9.17) is 5.73 Å². The van der Waals surface area contributed by atoms with Crippen molar-refractivity contribution >= 4 is 15.7 Å². The van der Waals surface area contributed by atoms with Crippen LogP contribution < -0.4 is 5.73 Å². The first kappa shape index (κ1) is 20.3. The molecule has 27 heavy (non-hydrogen) atoms. The van der Waals surface area contributed by atoms with E-state index in [-0.39, 0.29) is 22.7 Å². The highest BCUT2D eigenvalue weighted by molar-refractivity contribution is 7.91. The van der Waals surface area contributed by atoms with Crippen LogP contribution in [0.5, 0.6) is 0 Å². The van der Waals surface area contributed by atoms with Gasteiger partial charge in [0.2, 0.25) is 20.9 Å². The molecule has 3 rings (SSSR count). The molecule has 1 saturated heterocycles. The van der Waals surface area contributed by atoms with Gasteiger partial charge in [0.25, 0.3) is 0 Å². The van der Waals surface area contributed by atoms with Gasteiger partial charge in [0.15, 0.2) is 0 Å². The zero-order chi connectivity index (χ0) is 19.4. The maximum Gasteiger partial charge on any atom is 0.227 e. The van der Waals surface area contributed by atoms with E-state index in [2.05, 4.69) is 16.8 Å². The fourth-order valence-corrected chi connectivity index (χ4v) is 5.83. The van der Waals surface area contributed by atoms with Crippen molar-refractivity contribution in [3.05, 3.63) is 11.9 Å². The molecule has 152 valence electrons. The fraction of sp³-hybridized carbons (Fsp3) is 0.789. The molecule has 2 aliphatic rings. The van der Waals surface area contributed by atoms with Gasteiger partial charge in [0.1, 0.15) is 0 Å². The number of nitrogens with two attached hydrogens (primary N) is 1. The van der Waals surface area contributed by atoms with Crippen LogP contribution in [0.25, 0.3) is 0 Å². The second kappa shape index (κ2) is 8.73. The zero-order valence-electron chi connectivity index (χ0n) is 16.3. The largest absolute Gasteiger partial charge is 0.369 e. The molecular formula is C19H32N4O3S. The summed E-state index contributed by atoms with van der Waals surface area (Å²) >= 11 is 0. The number of sulfone groups is 1. The Morgan fingerprint density at radius 2 is 1.96 bits per heavy atom. The van der Waals surface area contributed by atoms with Crippen LogP contribution in [0.3, 0.4) is 0 Å². The topological polar surface area (TPSA) is 98.3 Å². The molecule has 0 unspecified atom stereocenters. The van der Waals surface area contributed by atoms with Crippen molar-refractivity contribution in [3.8, 4) is 0 Å². The van der Waals surface area contributed by atoms with Gasteiger partial charge < -0.3 is 10.3 Å². The first-order valence-corrected chi connectivity index (χ1v) is 11.8. The molecule has 2 heterocycles. The molecule has 1 aromatic rings. The van der Waals surface area contributed by atoms with Crippen LogP contribution in [0.1, 0.15) is 57.6 Å². The van der Waals surface area contributed by atoms with Crippen molar-refractivity contribution in [3.63, 3.8) is 0 Å². The highest BCUT2D eigenvalue weighted by Gasteiger charge is 2.30. The monoisotopic (exact) mass is 396 g/mol. The maximum atomic E-state index is 12.9. The van der Waals surface area contributed by atoms with E-state index in [1.807, 2.05) is 4.57 Å². The summed E-state index contributed by atoms with van der Waals surface area (Å²) in [6, 6.07) is 0. The molecule has 1 aliphatic carbocycles. The second-order valence-corrected chi connectivity index (χ2v) is 10.00. The number of aromatic nitrogens is 2. The highest BCUT2D eigenvalue weighted by atomic mass is 32.2. The van der Waals surface area contributed by atoms with Gasteiger partial charge in [0.05, 0.1) is 17.6 Å². The van der Waals surface area contributed by atoms with E-state index in [1.165, 1.54) is 0 Å². The quantitative estimate of drug-likeness (QED) is 0.688. The summed E-state index contributed by atoms with van der Waals surface area (Å²) in [5, 5.41) is 0.241. The Kier molecular flexibility index (Phi) is 6.57. The van der Waals surface area contributed by atoms with Gasteiger partial charge in [-0.05, 0) is 51.1 Å². The van der Waals surface area contributed by atoms with E-state index in [0.29, 0.717) is 19.0 Å². The minimum atomic E-state index is -3.35. The summed E-state index contributed by atoms with van der Waals surface area (Å²) in [5.41, 5.74) is 6.36. The Hall–Kier alpha value is -1.41. The lowest BCUT2D eigenvalue weighted by atomic mass is 9.87. The first-order chi connectivity index (χ1) is 12.9. The molecule has 0 atom stereocenters. The van der Waals surface area contributed by atoms with E-state index in [1.54, 1.807) is 6.20 Å². The van der Waals surface area contributed by atoms with Gasteiger partial charge in [-0.15, -0.1) is 0 Å². The van der Waals surface area contributed by atoms with Gasteiger partial charge in [-0.1, -0.05) is 19.8 Å². The van der Waals surface area contributed by atoms with Crippen LogP contribution in [-0.4, -0.2) is 47.6 Å². The lowest BCUT2D eigenvalue weighted by molar-refractivity contribution is -0.123. The highest BCUT2D eigenvalue weighted by Crippen LogP contribution is 2.30. The van der Waals surface area contributed by atoms with E-state index >= 15 is 0 Å². The Balaban J connectivity index is 1.73. The number of hydrogen-bond acceptors (Lipinski definition) is 5. The summed E-state index contributed by atoms with van der Waals surface area (Å²) in [4.78, 5) is 17.9. The van der Waals surface area contributed by atoms with Gasteiger partial charge in [0, 0.05) is 19.0 Å². The van der Waals surface area contributed by atoms with Crippen molar-refractivity contribution in [2.45, 2.75) is 70.1 Å². The van der Waals surface area contributed by atoms with Crippen LogP contribution in [0.2, 0.25) is 0 Å². The number of piperidine rings is 1. The first-order valence-electron chi connectivity index (χ1n) is 10.2. The van der Waals surface area contributed by atoms with E-state index < -0.39 is 9.84 Å². The number of imidazole rings is 1. The van der Waals surface area contributed by atoms with Gasteiger partial charge >= 0.3 is 0 Å². The maximum absolute atomic E-state index is 12.9. The summed E-state index contributed by atoms with van der Waals surface area (Å²) in [6.07, 6.45) is 8.35. The summed E-state index contributed by atoms with van der Waals surface area (Å²) < 4.78 is 27.7. The number of likely N-dealkylation sites (tertiary alicyclic amines) is 1. The van der Waals surface area contributed by atoms with Crippen LogP contribution in [0.15, 0.2) is 11.4 Å². The summed E-state index contributed by atoms with van der Waals surface area (Å²) in [5.74, 6) is 0.263. The second-order valence-electron chi connectivity index (χ2n) is 8.07. The zero-order valence-corrected chi connectivity index (χ0v) is 17.1. The van der Waals surface area contributed by atoms with Gasteiger partial charge in [-0.3, -0.25) is 9.69 Å². The normalized spacial score (nSPS) is 19.9. The number of carbonyl (C=O) groups excluding carboxylic acids is 1. The molecule has 8 heteroatoms. The van der Waals surface area contributed by atoms with Crippen LogP contribution >= 0.6 is 0 Å². The molecule has 0 spiro atoms. The third-order valence-corrected chi connectivity index (χ3v) is 7.76. The predicted octanol–water partition coefficient (Wildman–Crippen LogP) is 1.95. The lowest BCUT2D eigenvalue weighted by Gasteiger charge is -2.30. The molecule has 1 aliphatic heterocycles. The van der Waals surface area contributed by atoms with Crippen LogP contribution in [0, 0.1) is 11.8 Å². The Morgan fingerprint density at radius 3 is 2.52 bits per heavy atom. The van der Waals surface area contributed by atoms with Crippen molar-refractivity contribution in [2.75, 3.05) is 18.8 Å². The standard InChI is InChI=1S/C19H32N4O3S/c1-2-3-9-23-17(13-22-10-7-16(8-11-22)18(20)24)12-21-19(23)27(25,26)14-15-5-4-6-15/h12,15-16H,2-11,13-14H2,1H3,(H2,20,24). The van der Waals surface area contributed by atoms with E-state index in [0.717, 1.165) is 63.7 Å².